The number of anilines is 1. The van der Waals surface area contributed by atoms with Gasteiger partial charge in [-0.1, -0.05) is 34.4 Å². The van der Waals surface area contributed by atoms with E-state index in [1.807, 2.05) is 12.1 Å². The van der Waals surface area contributed by atoms with Crippen LogP contribution in [0.25, 0.3) is 0 Å². The molecule has 0 saturated carbocycles. The molecule has 7 heteroatoms. The second kappa shape index (κ2) is 8.71. The number of hydrogen-bond acceptors (Lipinski definition) is 5. The zero-order valence-corrected chi connectivity index (χ0v) is 16.2. The fraction of sp³-hybridized carbons (Fsp3) is 0.368. The van der Waals surface area contributed by atoms with Crippen molar-refractivity contribution in [3.05, 3.63) is 57.7 Å². The summed E-state index contributed by atoms with van der Waals surface area (Å²) in [6.45, 7) is 6.04. The van der Waals surface area contributed by atoms with E-state index in [2.05, 4.69) is 28.9 Å². The highest BCUT2D eigenvalue weighted by atomic mass is 35.5. The maximum atomic E-state index is 6.10. The Morgan fingerprint density at radius 1 is 1.19 bits per heavy atom. The molecule has 1 fully saturated rings. The van der Waals surface area contributed by atoms with Gasteiger partial charge in [0, 0.05) is 40.5 Å². The van der Waals surface area contributed by atoms with Gasteiger partial charge in [0.25, 0.3) is 0 Å². The lowest BCUT2D eigenvalue weighted by atomic mass is 10.2. The molecule has 0 N–H and O–H groups in total. The molecule has 0 spiro atoms. The van der Waals surface area contributed by atoms with Gasteiger partial charge in [-0.3, -0.25) is 0 Å². The topological polar surface area (TPSA) is 47.0 Å². The third-order valence-corrected chi connectivity index (χ3v) is 4.77. The Bertz CT molecular complexity index is 738. The molecule has 1 aliphatic rings. The van der Waals surface area contributed by atoms with Crippen LogP contribution in [0.4, 0.5) is 5.82 Å². The fourth-order valence-electron chi connectivity index (χ4n) is 2.90. The summed E-state index contributed by atoms with van der Waals surface area (Å²) in [6.07, 6.45) is 3.79. The Balaban J connectivity index is 1.56. The van der Waals surface area contributed by atoms with E-state index in [0.29, 0.717) is 10.0 Å². The van der Waals surface area contributed by atoms with Gasteiger partial charge in [-0.15, -0.1) is 0 Å². The molecule has 1 aliphatic heterocycles. The van der Waals surface area contributed by atoms with Crippen molar-refractivity contribution in [1.82, 2.24) is 4.98 Å². The summed E-state index contributed by atoms with van der Waals surface area (Å²) in [4.78, 5) is 12.1. The van der Waals surface area contributed by atoms with Crippen LogP contribution in [0.3, 0.4) is 0 Å². The lowest BCUT2D eigenvalue weighted by Gasteiger charge is -2.36. The highest BCUT2D eigenvalue weighted by Crippen LogP contribution is 2.25. The van der Waals surface area contributed by atoms with E-state index in [9.17, 15) is 0 Å². The fourth-order valence-corrected chi connectivity index (χ4v) is 3.40. The van der Waals surface area contributed by atoms with Crippen LogP contribution in [0.5, 0.6) is 0 Å². The zero-order valence-electron chi connectivity index (χ0n) is 14.7. The maximum absolute atomic E-state index is 6.10. The van der Waals surface area contributed by atoms with Crippen LogP contribution in [-0.4, -0.2) is 36.5 Å². The summed E-state index contributed by atoms with van der Waals surface area (Å²) in [7, 11) is 0. The minimum atomic E-state index is 0.201. The molecule has 2 atom stereocenters. The van der Waals surface area contributed by atoms with Crippen LogP contribution in [0, 0.1) is 0 Å². The van der Waals surface area contributed by atoms with Gasteiger partial charge in [0.1, 0.15) is 12.4 Å². The van der Waals surface area contributed by atoms with E-state index < -0.39 is 0 Å². The van der Waals surface area contributed by atoms with Gasteiger partial charge in [0.05, 0.1) is 18.4 Å². The number of rotatable bonds is 5. The minimum absolute atomic E-state index is 0.201. The molecule has 0 amide bonds. The quantitative estimate of drug-likeness (QED) is 0.551. The Morgan fingerprint density at radius 2 is 1.88 bits per heavy atom. The van der Waals surface area contributed by atoms with E-state index in [1.165, 1.54) is 0 Å². The number of nitrogens with zero attached hydrogens (tertiary/aromatic N) is 3. The van der Waals surface area contributed by atoms with Crippen LogP contribution in [0.1, 0.15) is 25.0 Å². The number of benzene rings is 1. The first-order chi connectivity index (χ1) is 12.5. The Labute approximate surface area is 163 Å². The molecule has 1 aromatic carbocycles. The Kier molecular flexibility index (Phi) is 6.35. The molecule has 1 saturated heterocycles. The van der Waals surface area contributed by atoms with Gasteiger partial charge in [0.2, 0.25) is 0 Å². The van der Waals surface area contributed by atoms with Crippen molar-refractivity contribution >= 4 is 35.2 Å². The number of pyridine rings is 1. The van der Waals surface area contributed by atoms with Crippen LogP contribution in [0.15, 0.2) is 41.7 Å². The summed E-state index contributed by atoms with van der Waals surface area (Å²) in [5.41, 5.74) is 1.57. The molecular formula is C19H21Cl2N3O2. The van der Waals surface area contributed by atoms with Gasteiger partial charge in [-0.25, -0.2) is 4.98 Å². The molecule has 26 heavy (non-hydrogen) atoms. The van der Waals surface area contributed by atoms with E-state index >= 15 is 0 Å². The molecule has 1 aromatic heterocycles. The number of morpholine rings is 1. The predicted octanol–water partition coefficient (Wildman–Crippen LogP) is 4.55. The summed E-state index contributed by atoms with van der Waals surface area (Å²) in [6, 6.07) is 9.28. The predicted molar refractivity (Wildman–Crippen MR) is 105 cm³/mol. The maximum Gasteiger partial charge on any atom is 0.145 e. The first-order valence-corrected chi connectivity index (χ1v) is 9.23. The number of ether oxygens (including phenoxy) is 1. The zero-order chi connectivity index (χ0) is 18.5. The summed E-state index contributed by atoms with van der Waals surface area (Å²) in [5.74, 6) is 0.938. The first kappa shape index (κ1) is 19.0. The van der Waals surface area contributed by atoms with Crippen LogP contribution in [0.2, 0.25) is 10.0 Å². The van der Waals surface area contributed by atoms with E-state index in [4.69, 9.17) is 32.8 Å². The number of aromatic nitrogens is 1. The van der Waals surface area contributed by atoms with Crippen molar-refractivity contribution < 1.29 is 9.57 Å². The first-order valence-electron chi connectivity index (χ1n) is 8.47. The third-order valence-electron chi connectivity index (χ3n) is 4.06. The largest absolute Gasteiger partial charge is 0.391 e. The third kappa shape index (κ3) is 4.87. The standard InChI is InChI=1S/C19H21Cl2N3O2/c1-13-10-24(11-14(2)26-13)19-7-6-15(8-22-19)9-23-25-12-16-17(20)4-3-5-18(16)21/h3-9,13-14H,10-12H2,1-2H3/b23-9-/t13-,14+. The molecule has 0 radical (unpaired) electrons. The number of oxime groups is 1. The monoisotopic (exact) mass is 393 g/mol. The van der Waals surface area contributed by atoms with Crippen molar-refractivity contribution in [2.45, 2.75) is 32.7 Å². The van der Waals surface area contributed by atoms with Crippen molar-refractivity contribution in [2.24, 2.45) is 5.16 Å². The Morgan fingerprint density at radius 3 is 2.50 bits per heavy atom. The molecule has 0 bridgehead atoms. The van der Waals surface area contributed by atoms with E-state index in [1.54, 1.807) is 30.6 Å². The Hall–Kier alpha value is -1.82. The minimum Gasteiger partial charge on any atom is -0.391 e. The van der Waals surface area contributed by atoms with Gasteiger partial charge in [-0.2, -0.15) is 0 Å². The van der Waals surface area contributed by atoms with Crippen molar-refractivity contribution in [3.63, 3.8) is 0 Å². The molecule has 0 aliphatic carbocycles. The van der Waals surface area contributed by atoms with Gasteiger partial charge in [-0.05, 0) is 38.1 Å². The average molecular weight is 394 g/mol. The summed E-state index contributed by atoms with van der Waals surface area (Å²) in [5, 5.41) is 5.09. The lowest BCUT2D eigenvalue weighted by molar-refractivity contribution is -0.00545. The molecule has 2 heterocycles. The molecule has 0 unspecified atom stereocenters. The molecule has 138 valence electrons. The molecule has 3 rings (SSSR count). The SMILES string of the molecule is C[C@@H]1CN(c2ccc(/C=N\OCc3c(Cl)cccc3Cl)cn2)C[C@H](C)O1. The number of halogens is 2. The molecule has 2 aromatic rings. The lowest BCUT2D eigenvalue weighted by Crippen LogP contribution is -2.45. The van der Waals surface area contributed by atoms with Gasteiger partial charge < -0.3 is 14.5 Å². The van der Waals surface area contributed by atoms with Gasteiger partial charge >= 0.3 is 0 Å². The highest BCUT2D eigenvalue weighted by Gasteiger charge is 2.22. The highest BCUT2D eigenvalue weighted by molar-refractivity contribution is 6.35. The van der Waals surface area contributed by atoms with Crippen molar-refractivity contribution in [2.75, 3.05) is 18.0 Å². The van der Waals surface area contributed by atoms with E-state index in [0.717, 1.165) is 30.0 Å². The normalized spacial score (nSPS) is 20.5. The van der Waals surface area contributed by atoms with Crippen molar-refractivity contribution in [3.8, 4) is 0 Å². The molecular weight excluding hydrogens is 373 g/mol. The van der Waals surface area contributed by atoms with Crippen LogP contribution in [-0.2, 0) is 16.2 Å². The van der Waals surface area contributed by atoms with Crippen molar-refractivity contribution in [1.29, 1.82) is 0 Å². The summed E-state index contributed by atoms with van der Waals surface area (Å²) >= 11 is 12.2. The van der Waals surface area contributed by atoms with Gasteiger partial charge in [0.15, 0.2) is 0 Å². The van der Waals surface area contributed by atoms with Crippen LogP contribution >= 0.6 is 23.2 Å². The average Bonchev–Trinajstić information content (AvgIpc) is 2.60. The number of hydrogen-bond donors (Lipinski definition) is 0. The molecule has 5 nitrogen and oxygen atoms in total. The van der Waals surface area contributed by atoms with E-state index in [-0.39, 0.29) is 18.8 Å². The van der Waals surface area contributed by atoms with Crippen LogP contribution < -0.4 is 4.90 Å². The second-order valence-corrected chi connectivity index (χ2v) is 7.13. The smallest absolute Gasteiger partial charge is 0.145 e. The second-order valence-electron chi connectivity index (χ2n) is 6.32. The summed E-state index contributed by atoms with van der Waals surface area (Å²) < 4.78 is 5.75.